The lowest BCUT2D eigenvalue weighted by molar-refractivity contribution is 0.102. The second-order valence-corrected chi connectivity index (χ2v) is 5.95. The van der Waals surface area contributed by atoms with Crippen LogP contribution >= 0.6 is 0 Å². The highest BCUT2D eigenvalue weighted by molar-refractivity contribution is 6.06. The molecule has 0 saturated carbocycles. The maximum Gasteiger partial charge on any atom is 0.255 e. The van der Waals surface area contributed by atoms with Crippen molar-refractivity contribution in [3.63, 3.8) is 0 Å². The standard InChI is InChI=1S/C21H22N2O2/c1-2-3-4-13-25-19-9-5-8-18(15-19)23-21(24)17-10-11-20-16(14-17)7-6-12-22-20/h5-12,14-15H,2-4,13H2,1H3,(H,23,24). The van der Waals surface area contributed by atoms with Crippen LogP contribution in [0.2, 0.25) is 0 Å². The minimum Gasteiger partial charge on any atom is -0.494 e. The molecule has 4 nitrogen and oxygen atoms in total. The number of hydrogen-bond acceptors (Lipinski definition) is 3. The van der Waals surface area contributed by atoms with Crippen molar-refractivity contribution in [1.82, 2.24) is 4.98 Å². The van der Waals surface area contributed by atoms with Gasteiger partial charge in [0.25, 0.3) is 5.91 Å². The molecule has 1 heterocycles. The summed E-state index contributed by atoms with van der Waals surface area (Å²) in [6, 6.07) is 16.8. The van der Waals surface area contributed by atoms with Crippen molar-refractivity contribution < 1.29 is 9.53 Å². The molecule has 1 N–H and O–H groups in total. The number of nitrogens with zero attached hydrogens (tertiary/aromatic N) is 1. The van der Waals surface area contributed by atoms with Crippen LogP contribution in [0.25, 0.3) is 10.9 Å². The van der Waals surface area contributed by atoms with Gasteiger partial charge in [-0.1, -0.05) is 31.9 Å². The molecule has 0 radical (unpaired) electrons. The van der Waals surface area contributed by atoms with Gasteiger partial charge in [-0.3, -0.25) is 9.78 Å². The number of pyridine rings is 1. The number of benzene rings is 2. The van der Waals surface area contributed by atoms with Gasteiger partial charge in [0.05, 0.1) is 12.1 Å². The van der Waals surface area contributed by atoms with Crippen molar-refractivity contribution >= 4 is 22.5 Å². The van der Waals surface area contributed by atoms with E-state index in [4.69, 9.17) is 4.74 Å². The highest BCUT2D eigenvalue weighted by atomic mass is 16.5. The number of anilines is 1. The average Bonchev–Trinajstić information content (AvgIpc) is 2.65. The fraction of sp³-hybridized carbons (Fsp3) is 0.238. The zero-order chi connectivity index (χ0) is 17.5. The summed E-state index contributed by atoms with van der Waals surface area (Å²) < 4.78 is 5.73. The first kappa shape index (κ1) is 17.0. The van der Waals surface area contributed by atoms with E-state index in [1.54, 1.807) is 12.3 Å². The number of carbonyl (C=O) groups is 1. The second-order valence-electron chi connectivity index (χ2n) is 5.95. The summed E-state index contributed by atoms with van der Waals surface area (Å²) in [5.74, 6) is 0.630. The average molecular weight is 334 g/mol. The molecule has 128 valence electrons. The number of hydrogen-bond donors (Lipinski definition) is 1. The Morgan fingerprint density at radius 3 is 2.88 bits per heavy atom. The summed E-state index contributed by atoms with van der Waals surface area (Å²) in [7, 11) is 0. The van der Waals surface area contributed by atoms with E-state index in [9.17, 15) is 4.79 Å². The third-order valence-corrected chi connectivity index (χ3v) is 3.97. The molecule has 0 aliphatic heterocycles. The molecule has 0 unspecified atom stereocenters. The second kappa shape index (κ2) is 8.29. The molecule has 2 aromatic carbocycles. The van der Waals surface area contributed by atoms with Crippen molar-refractivity contribution in [2.45, 2.75) is 26.2 Å². The Morgan fingerprint density at radius 1 is 1.08 bits per heavy atom. The Kier molecular flexibility index (Phi) is 5.62. The predicted molar refractivity (Wildman–Crippen MR) is 101 cm³/mol. The van der Waals surface area contributed by atoms with E-state index in [1.807, 2.05) is 48.5 Å². The summed E-state index contributed by atoms with van der Waals surface area (Å²) in [4.78, 5) is 16.8. The molecule has 0 spiro atoms. The Hall–Kier alpha value is -2.88. The molecule has 1 amide bonds. The van der Waals surface area contributed by atoms with Crippen LogP contribution in [0.1, 0.15) is 36.5 Å². The van der Waals surface area contributed by atoms with Gasteiger partial charge in [0.15, 0.2) is 0 Å². The van der Waals surface area contributed by atoms with Crippen LogP contribution in [0, 0.1) is 0 Å². The molecule has 0 fully saturated rings. The van der Waals surface area contributed by atoms with Crippen LogP contribution in [0.15, 0.2) is 60.8 Å². The third kappa shape index (κ3) is 4.57. The van der Waals surface area contributed by atoms with E-state index in [0.717, 1.165) is 35.2 Å². The fourth-order valence-electron chi connectivity index (χ4n) is 2.63. The Bertz CT molecular complexity index is 861. The summed E-state index contributed by atoms with van der Waals surface area (Å²) in [6.07, 6.45) is 5.11. The number of unbranched alkanes of at least 4 members (excludes halogenated alkanes) is 2. The van der Waals surface area contributed by atoms with Gasteiger partial charge in [0.1, 0.15) is 5.75 Å². The molecule has 3 aromatic rings. The molecule has 25 heavy (non-hydrogen) atoms. The minimum absolute atomic E-state index is 0.145. The number of amides is 1. The lowest BCUT2D eigenvalue weighted by Gasteiger charge is -2.09. The van der Waals surface area contributed by atoms with Crippen LogP contribution in [0.4, 0.5) is 5.69 Å². The first-order valence-corrected chi connectivity index (χ1v) is 8.65. The molecule has 0 bridgehead atoms. The van der Waals surface area contributed by atoms with Crippen LogP contribution < -0.4 is 10.1 Å². The normalized spacial score (nSPS) is 10.6. The molecular formula is C21H22N2O2. The first-order chi connectivity index (χ1) is 12.3. The van der Waals surface area contributed by atoms with E-state index < -0.39 is 0 Å². The summed E-state index contributed by atoms with van der Waals surface area (Å²) in [5, 5.41) is 3.87. The topological polar surface area (TPSA) is 51.2 Å². The number of ether oxygens (including phenoxy) is 1. The molecular weight excluding hydrogens is 312 g/mol. The smallest absolute Gasteiger partial charge is 0.255 e. The maximum absolute atomic E-state index is 12.5. The maximum atomic E-state index is 12.5. The van der Waals surface area contributed by atoms with Crippen molar-refractivity contribution in [2.75, 3.05) is 11.9 Å². The lowest BCUT2D eigenvalue weighted by Crippen LogP contribution is -2.12. The minimum atomic E-state index is -0.145. The van der Waals surface area contributed by atoms with Crippen LogP contribution in [0.5, 0.6) is 5.75 Å². The number of nitrogens with one attached hydrogen (secondary N) is 1. The third-order valence-electron chi connectivity index (χ3n) is 3.97. The predicted octanol–water partition coefficient (Wildman–Crippen LogP) is 5.06. The van der Waals surface area contributed by atoms with Gasteiger partial charge in [-0.25, -0.2) is 0 Å². The molecule has 0 aliphatic carbocycles. The summed E-state index contributed by atoms with van der Waals surface area (Å²) in [5.41, 5.74) is 2.21. The molecule has 4 heteroatoms. The first-order valence-electron chi connectivity index (χ1n) is 8.65. The summed E-state index contributed by atoms with van der Waals surface area (Å²) >= 11 is 0. The fourth-order valence-corrected chi connectivity index (χ4v) is 2.63. The van der Waals surface area contributed by atoms with Crippen molar-refractivity contribution in [3.05, 3.63) is 66.4 Å². The highest BCUT2D eigenvalue weighted by Crippen LogP contribution is 2.19. The highest BCUT2D eigenvalue weighted by Gasteiger charge is 2.08. The van der Waals surface area contributed by atoms with E-state index in [-0.39, 0.29) is 5.91 Å². The molecule has 0 atom stereocenters. The number of carbonyl (C=O) groups excluding carboxylic acids is 1. The van der Waals surface area contributed by atoms with E-state index in [2.05, 4.69) is 17.2 Å². The van der Waals surface area contributed by atoms with Gasteiger partial charge in [0.2, 0.25) is 0 Å². The Morgan fingerprint density at radius 2 is 2.00 bits per heavy atom. The van der Waals surface area contributed by atoms with E-state index >= 15 is 0 Å². The molecule has 0 aliphatic rings. The lowest BCUT2D eigenvalue weighted by atomic mass is 10.1. The number of aromatic nitrogens is 1. The summed E-state index contributed by atoms with van der Waals surface area (Å²) in [6.45, 7) is 2.86. The Labute approximate surface area is 147 Å². The van der Waals surface area contributed by atoms with Crippen molar-refractivity contribution in [3.8, 4) is 5.75 Å². The van der Waals surface area contributed by atoms with Gasteiger partial charge < -0.3 is 10.1 Å². The quantitative estimate of drug-likeness (QED) is 0.615. The zero-order valence-electron chi connectivity index (χ0n) is 14.4. The monoisotopic (exact) mass is 334 g/mol. The SMILES string of the molecule is CCCCCOc1cccc(NC(=O)c2ccc3ncccc3c2)c1. The molecule has 1 aromatic heterocycles. The van der Waals surface area contributed by atoms with Crippen LogP contribution in [-0.4, -0.2) is 17.5 Å². The number of rotatable bonds is 7. The van der Waals surface area contributed by atoms with Crippen LogP contribution in [0.3, 0.4) is 0 Å². The Balaban J connectivity index is 1.67. The van der Waals surface area contributed by atoms with Crippen LogP contribution in [-0.2, 0) is 0 Å². The van der Waals surface area contributed by atoms with Gasteiger partial charge in [0, 0.05) is 28.9 Å². The van der Waals surface area contributed by atoms with Gasteiger partial charge in [-0.2, -0.15) is 0 Å². The van der Waals surface area contributed by atoms with Gasteiger partial charge >= 0.3 is 0 Å². The zero-order valence-corrected chi connectivity index (χ0v) is 14.4. The van der Waals surface area contributed by atoms with E-state index in [1.165, 1.54) is 6.42 Å². The van der Waals surface area contributed by atoms with Crippen molar-refractivity contribution in [1.29, 1.82) is 0 Å². The molecule has 0 saturated heterocycles. The van der Waals surface area contributed by atoms with Gasteiger partial charge in [-0.15, -0.1) is 0 Å². The molecule has 3 rings (SSSR count). The largest absolute Gasteiger partial charge is 0.494 e. The van der Waals surface area contributed by atoms with Crippen molar-refractivity contribution in [2.24, 2.45) is 0 Å². The van der Waals surface area contributed by atoms with Gasteiger partial charge in [-0.05, 0) is 42.8 Å². The number of fused-ring (bicyclic) bond motifs is 1. The van der Waals surface area contributed by atoms with E-state index in [0.29, 0.717) is 12.2 Å².